The second kappa shape index (κ2) is 5.23. The molecule has 2 aromatic rings. The van der Waals surface area contributed by atoms with Crippen molar-refractivity contribution in [3.8, 4) is 0 Å². The summed E-state index contributed by atoms with van der Waals surface area (Å²) in [4.78, 5) is 10.9. The van der Waals surface area contributed by atoms with E-state index in [4.69, 9.17) is 16.3 Å². The Morgan fingerprint density at radius 1 is 1.32 bits per heavy atom. The van der Waals surface area contributed by atoms with E-state index in [2.05, 4.69) is 20.0 Å². The number of anilines is 1. The summed E-state index contributed by atoms with van der Waals surface area (Å²) in [5.41, 5.74) is 1.12. The number of aryl methyl sites for hydroxylation is 1. The SMILES string of the molecule is CC(F)(F)CCc1cc2nc(Cl)nc(N3C4CC5CC3C(C4)O5)n2n1. The second-order valence-corrected chi connectivity index (χ2v) is 7.74. The molecule has 25 heavy (non-hydrogen) atoms. The van der Waals surface area contributed by atoms with Crippen molar-refractivity contribution in [1.82, 2.24) is 19.6 Å². The lowest BCUT2D eigenvalue weighted by Crippen LogP contribution is -2.44. The molecule has 4 aliphatic rings. The molecule has 9 heteroatoms. The van der Waals surface area contributed by atoms with Crippen molar-refractivity contribution in [3.05, 3.63) is 17.0 Å². The van der Waals surface area contributed by atoms with E-state index in [0.29, 0.717) is 29.4 Å². The first-order valence-corrected chi connectivity index (χ1v) is 8.99. The summed E-state index contributed by atoms with van der Waals surface area (Å²) < 4.78 is 33.9. The van der Waals surface area contributed by atoms with Crippen LogP contribution in [-0.2, 0) is 11.2 Å². The van der Waals surface area contributed by atoms with Gasteiger partial charge in [-0.2, -0.15) is 19.6 Å². The van der Waals surface area contributed by atoms with E-state index in [1.807, 2.05) is 0 Å². The number of aromatic nitrogens is 4. The minimum absolute atomic E-state index is 0.146. The first-order valence-electron chi connectivity index (χ1n) is 8.61. The Hall–Kier alpha value is -1.54. The van der Waals surface area contributed by atoms with E-state index in [1.54, 1.807) is 10.6 Å². The van der Waals surface area contributed by atoms with Crippen LogP contribution >= 0.6 is 11.6 Å². The summed E-state index contributed by atoms with van der Waals surface area (Å²) in [7, 11) is 0. The third-order valence-electron chi connectivity index (χ3n) is 5.47. The van der Waals surface area contributed by atoms with Gasteiger partial charge in [0, 0.05) is 18.5 Å². The number of fused-ring (bicyclic) bond motifs is 1. The van der Waals surface area contributed by atoms with Gasteiger partial charge in [0.1, 0.15) is 0 Å². The van der Waals surface area contributed by atoms with Crippen molar-refractivity contribution in [2.45, 2.75) is 69.2 Å². The second-order valence-electron chi connectivity index (χ2n) is 7.40. The monoisotopic (exact) mass is 369 g/mol. The first kappa shape index (κ1) is 15.7. The Morgan fingerprint density at radius 3 is 2.92 bits per heavy atom. The van der Waals surface area contributed by atoms with Crippen molar-refractivity contribution >= 4 is 23.2 Å². The molecular weight excluding hydrogens is 352 g/mol. The summed E-state index contributed by atoms with van der Waals surface area (Å²) in [5.74, 6) is -2.07. The third kappa shape index (κ3) is 2.57. The van der Waals surface area contributed by atoms with Crippen LogP contribution in [0.25, 0.3) is 5.65 Å². The Bertz CT molecular complexity index is 834. The molecule has 6 rings (SSSR count). The van der Waals surface area contributed by atoms with Gasteiger partial charge < -0.3 is 9.64 Å². The molecule has 4 atom stereocenters. The molecule has 0 aliphatic carbocycles. The summed E-state index contributed by atoms with van der Waals surface area (Å²) in [5, 5.41) is 4.63. The van der Waals surface area contributed by atoms with Gasteiger partial charge >= 0.3 is 0 Å². The zero-order valence-corrected chi connectivity index (χ0v) is 14.5. The van der Waals surface area contributed by atoms with Gasteiger partial charge in [-0.3, -0.25) is 0 Å². The predicted molar refractivity (Wildman–Crippen MR) is 87.3 cm³/mol. The average molecular weight is 370 g/mol. The summed E-state index contributed by atoms with van der Waals surface area (Å²) >= 11 is 6.12. The fourth-order valence-corrected chi connectivity index (χ4v) is 4.64. The van der Waals surface area contributed by atoms with Crippen molar-refractivity contribution < 1.29 is 13.5 Å². The quantitative estimate of drug-likeness (QED) is 0.829. The van der Waals surface area contributed by atoms with Gasteiger partial charge in [0.2, 0.25) is 17.2 Å². The number of hydrogen-bond acceptors (Lipinski definition) is 5. The Morgan fingerprint density at radius 2 is 2.16 bits per heavy atom. The Labute approximate surface area is 148 Å². The largest absolute Gasteiger partial charge is 0.373 e. The van der Waals surface area contributed by atoms with E-state index in [9.17, 15) is 8.78 Å². The lowest BCUT2D eigenvalue weighted by atomic mass is 10.0. The fourth-order valence-electron chi connectivity index (χ4n) is 4.48. The molecule has 4 aliphatic heterocycles. The van der Waals surface area contributed by atoms with Crippen LogP contribution in [0.5, 0.6) is 0 Å². The average Bonchev–Trinajstić information content (AvgIpc) is 3.12. The molecule has 0 radical (unpaired) electrons. The molecular formula is C16H18ClF2N5O. The number of hydrogen-bond donors (Lipinski definition) is 0. The maximum atomic E-state index is 13.2. The summed E-state index contributed by atoms with van der Waals surface area (Å²) in [6, 6.07) is 2.36. The van der Waals surface area contributed by atoms with Crippen LogP contribution in [0.3, 0.4) is 0 Å². The molecule has 2 aromatic heterocycles. The first-order chi connectivity index (χ1) is 11.9. The number of ether oxygens (including phenoxy) is 1. The standard InChI is InChI=1S/C16H18ClF2N5O/c1-16(18,19)3-2-8-4-13-20-14(17)21-15(24(13)22-8)23-9-5-10-7-11(23)12(6-9)25-10/h4,9-12H,2-3,5-7H2,1H3. The molecule has 0 N–H and O–H groups in total. The third-order valence-corrected chi connectivity index (χ3v) is 5.64. The van der Waals surface area contributed by atoms with Crippen molar-refractivity contribution in [3.63, 3.8) is 0 Å². The van der Waals surface area contributed by atoms with Crippen molar-refractivity contribution in [2.24, 2.45) is 0 Å². The van der Waals surface area contributed by atoms with Crippen LogP contribution in [0, 0.1) is 0 Å². The predicted octanol–water partition coefficient (Wildman–Crippen LogP) is 2.87. The highest BCUT2D eigenvalue weighted by molar-refractivity contribution is 6.28. The lowest BCUT2D eigenvalue weighted by molar-refractivity contribution is 0.0121. The lowest BCUT2D eigenvalue weighted by Gasteiger charge is -2.35. The minimum Gasteiger partial charge on any atom is -0.373 e. The molecule has 0 saturated carbocycles. The molecule has 134 valence electrons. The highest BCUT2D eigenvalue weighted by atomic mass is 35.5. The van der Waals surface area contributed by atoms with Crippen LogP contribution in [0.4, 0.5) is 14.7 Å². The highest BCUT2D eigenvalue weighted by Crippen LogP contribution is 2.47. The van der Waals surface area contributed by atoms with Gasteiger partial charge in [0.05, 0.1) is 23.9 Å². The maximum Gasteiger partial charge on any atom is 0.245 e. The normalized spacial score (nSPS) is 30.8. The van der Waals surface area contributed by atoms with Gasteiger partial charge in [-0.1, -0.05) is 0 Å². The van der Waals surface area contributed by atoms with Crippen LogP contribution < -0.4 is 4.90 Å². The van der Waals surface area contributed by atoms with Crippen molar-refractivity contribution in [2.75, 3.05) is 4.90 Å². The number of rotatable bonds is 4. The number of alkyl halides is 2. The van der Waals surface area contributed by atoms with Gasteiger partial charge in [0.15, 0.2) is 5.65 Å². The van der Waals surface area contributed by atoms with Crippen LogP contribution in [-0.4, -0.2) is 49.8 Å². The smallest absolute Gasteiger partial charge is 0.245 e. The molecule has 4 saturated heterocycles. The number of halogens is 3. The van der Waals surface area contributed by atoms with Gasteiger partial charge in [-0.05, 0) is 44.2 Å². The molecule has 4 fully saturated rings. The molecule has 4 unspecified atom stereocenters. The minimum atomic E-state index is -2.72. The zero-order valence-electron chi connectivity index (χ0n) is 13.7. The molecule has 6 nitrogen and oxygen atoms in total. The van der Waals surface area contributed by atoms with Crippen LogP contribution in [0.1, 0.15) is 38.3 Å². The Kier molecular flexibility index (Phi) is 3.29. The van der Waals surface area contributed by atoms with Crippen LogP contribution in [0.2, 0.25) is 5.28 Å². The van der Waals surface area contributed by atoms with E-state index in [-0.39, 0.29) is 30.3 Å². The molecule has 0 amide bonds. The fraction of sp³-hybridized carbons (Fsp3) is 0.688. The summed E-state index contributed by atoms with van der Waals surface area (Å²) in [6.45, 7) is 0.919. The van der Waals surface area contributed by atoms with E-state index in [1.165, 1.54) is 0 Å². The van der Waals surface area contributed by atoms with Gasteiger partial charge in [-0.25, -0.2) is 8.78 Å². The van der Waals surface area contributed by atoms with Gasteiger partial charge in [-0.15, -0.1) is 0 Å². The zero-order chi connectivity index (χ0) is 17.3. The molecule has 0 spiro atoms. The highest BCUT2D eigenvalue weighted by Gasteiger charge is 2.55. The van der Waals surface area contributed by atoms with E-state index < -0.39 is 5.92 Å². The number of piperidine rings is 1. The van der Waals surface area contributed by atoms with Crippen LogP contribution in [0.15, 0.2) is 6.07 Å². The molecule has 0 aromatic carbocycles. The number of nitrogens with zero attached hydrogens (tertiary/aromatic N) is 5. The van der Waals surface area contributed by atoms with E-state index >= 15 is 0 Å². The van der Waals surface area contributed by atoms with Gasteiger partial charge in [0.25, 0.3) is 0 Å². The summed E-state index contributed by atoms with van der Waals surface area (Å²) in [6.07, 6.45) is 3.47. The topological polar surface area (TPSA) is 55.5 Å². The van der Waals surface area contributed by atoms with Crippen molar-refractivity contribution in [1.29, 1.82) is 0 Å². The maximum absolute atomic E-state index is 13.2. The molecule has 4 bridgehead atoms. The Balaban J connectivity index is 1.53. The molecule has 6 heterocycles. The van der Waals surface area contributed by atoms with E-state index in [0.717, 1.165) is 26.2 Å².